The van der Waals surface area contributed by atoms with Gasteiger partial charge in [-0.1, -0.05) is 29.8 Å². The van der Waals surface area contributed by atoms with Crippen molar-refractivity contribution in [3.05, 3.63) is 70.2 Å². The Morgan fingerprint density at radius 3 is 2.68 bits per heavy atom. The van der Waals surface area contributed by atoms with E-state index in [4.69, 9.17) is 23.2 Å². The summed E-state index contributed by atoms with van der Waals surface area (Å²) in [4.78, 5) is 0.749. The monoisotopic (exact) mass is 435 g/mol. The number of benzene rings is 2. The molecule has 4 nitrogen and oxygen atoms in total. The molecular formula is C21H23Cl2N3OS. The highest BCUT2D eigenvalue weighted by Crippen LogP contribution is 2.51. The number of halogens is 2. The molecule has 2 aliphatic heterocycles. The average Bonchev–Trinajstić information content (AvgIpc) is 3.00. The SMILES string of the molecule is C=C1CN(S(=O)c2ccc(Cl)cc2)CC2Nc3ccc(Cl)cc3C12CCNC. The normalized spacial score (nSPS) is 25.1. The van der Waals surface area contributed by atoms with Gasteiger partial charge in [-0.15, -0.1) is 0 Å². The van der Waals surface area contributed by atoms with Gasteiger partial charge >= 0.3 is 0 Å². The van der Waals surface area contributed by atoms with Crippen LogP contribution in [0.25, 0.3) is 0 Å². The summed E-state index contributed by atoms with van der Waals surface area (Å²) in [7, 11) is 0.689. The van der Waals surface area contributed by atoms with Crippen molar-refractivity contribution in [2.24, 2.45) is 0 Å². The van der Waals surface area contributed by atoms with E-state index in [-0.39, 0.29) is 11.5 Å². The number of hydrogen-bond donors (Lipinski definition) is 2. The van der Waals surface area contributed by atoms with Crippen molar-refractivity contribution in [1.29, 1.82) is 0 Å². The molecule has 2 aliphatic rings. The van der Waals surface area contributed by atoms with Crippen molar-refractivity contribution in [2.75, 3.05) is 32.0 Å². The molecule has 0 saturated carbocycles. The number of nitrogens with one attached hydrogen (secondary N) is 2. The van der Waals surface area contributed by atoms with Crippen molar-refractivity contribution < 1.29 is 4.21 Å². The predicted octanol–water partition coefficient (Wildman–Crippen LogP) is 4.23. The van der Waals surface area contributed by atoms with Gasteiger partial charge < -0.3 is 10.6 Å². The lowest BCUT2D eigenvalue weighted by atomic mass is 9.67. The van der Waals surface area contributed by atoms with E-state index in [1.807, 2.05) is 35.6 Å². The molecule has 3 atom stereocenters. The maximum Gasteiger partial charge on any atom is 0.127 e. The lowest BCUT2D eigenvalue weighted by Gasteiger charge is -2.45. The Bertz CT molecular complexity index is 934. The Balaban J connectivity index is 1.67. The lowest BCUT2D eigenvalue weighted by Crippen LogP contribution is -2.55. The van der Waals surface area contributed by atoms with Gasteiger partial charge in [-0.05, 0) is 73.6 Å². The summed E-state index contributed by atoms with van der Waals surface area (Å²) >= 11 is 12.3. The van der Waals surface area contributed by atoms with E-state index in [1.165, 1.54) is 5.56 Å². The molecule has 0 bridgehead atoms. The van der Waals surface area contributed by atoms with Gasteiger partial charge in [-0.2, -0.15) is 0 Å². The fraction of sp³-hybridized carbons (Fsp3) is 0.333. The Morgan fingerprint density at radius 2 is 1.96 bits per heavy atom. The summed E-state index contributed by atoms with van der Waals surface area (Å²) in [5, 5.41) is 8.28. The Labute approximate surface area is 178 Å². The molecule has 0 amide bonds. The fourth-order valence-electron chi connectivity index (χ4n) is 4.40. The van der Waals surface area contributed by atoms with Gasteiger partial charge in [0.1, 0.15) is 11.0 Å². The highest BCUT2D eigenvalue weighted by atomic mass is 35.5. The second-order valence-electron chi connectivity index (χ2n) is 7.34. The minimum absolute atomic E-state index is 0.0896. The maximum absolute atomic E-state index is 13.2. The smallest absolute Gasteiger partial charge is 0.127 e. The van der Waals surface area contributed by atoms with E-state index in [2.05, 4.69) is 23.3 Å². The first kappa shape index (κ1) is 19.9. The van der Waals surface area contributed by atoms with E-state index in [0.29, 0.717) is 18.1 Å². The van der Waals surface area contributed by atoms with Crippen molar-refractivity contribution in [3.63, 3.8) is 0 Å². The van der Waals surface area contributed by atoms with Crippen LogP contribution in [0.15, 0.2) is 59.5 Å². The van der Waals surface area contributed by atoms with Gasteiger partial charge in [-0.25, -0.2) is 8.51 Å². The number of piperidine rings is 1. The topological polar surface area (TPSA) is 44.4 Å². The molecule has 0 aliphatic carbocycles. The quantitative estimate of drug-likeness (QED) is 0.690. The van der Waals surface area contributed by atoms with E-state index >= 15 is 0 Å². The van der Waals surface area contributed by atoms with Crippen LogP contribution in [0, 0.1) is 0 Å². The molecule has 0 radical (unpaired) electrons. The van der Waals surface area contributed by atoms with Crippen molar-refractivity contribution in [3.8, 4) is 0 Å². The first-order valence-electron chi connectivity index (χ1n) is 9.27. The van der Waals surface area contributed by atoms with Gasteiger partial charge in [0.25, 0.3) is 0 Å². The van der Waals surface area contributed by atoms with Gasteiger partial charge in [-0.3, -0.25) is 0 Å². The zero-order valence-corrected chi connectivity index (χ0v) is 18.0. The number of hydrogen-bond acceptors (Lipinski definition) is 3. The number of anilines is 1. The van der Waals surface area contributed by atoms with Crippen LogP contribution in [0.4, 0.5) is 5.69 Å². The zero-order valence-electron chi connectivity index (χ0n) is 15.7. The second-order valence-corrected chi connectivity index (χ2v) is 9.70. The van der Waals surface area contributed by atoms with Crippen LogP contribution in [0.3, 0.4) is 0 Å². The van der Waals surface area contributed by atoms with Crippen LogP contribution < -0.4 is 10.6 Å². The summed E-state index contributed by atoms with van der Waals surface area (Å²) in [5.74, 6) is 0. The summed E-state index contributed by atoms with van der Waals surface area (Å²) in [6.07, 6.45) is 0.911. The fourth-order valence-corrected chi connectivity index (χ4v) is 5.93. The van der Waals surface area contributed by atoms with Gasteiger partial charge in [0, 0.05) is 34.2 Å². The Morgan fingerprint density at radius 1 is 1.25 bits per heavy atom. The molecule has 1 fully saturated rings. The van der Waals surface area contributed by atoms with Crippen LogP contribution in [0.5, 0.6) is 0 Å². The minimum Gasteiger partial charge on any atom is -0.379 e. The summed E-state index contributed by atoms with van der Waals surface area (Å²) < 4.78 is 15.2. The van der Waals surface area contributed by atoms with Crippen molar-refractivity contribution in [2.45, 2.75) is 22.8 Å². The summed E-state index contributed by atoms with van der Waals surface area (Å²) in [6, 6.07) is 13.3. The van der Waals surface area contributed by atoms with Gasteiger partial charge in [0.05, 0.1) is 10.9 Å². The number of nitrogens with zero attached hydrogens (tertiary/aromatic N) is 1. The molecule has 3 unspecified atom stereocenters. The Hall–Kier alpha value is -1.37. The molecule has 0 spiro atoms. The van der Waals surface area contributed by atoms with Gasteiger partial charge in [0.15, 0.2) is 0 Å². The number of fused-ring (bicyclic) bond motifs is 3. The standard InChI is InChI=1S/C21H23Cl2N3OS/c1-14-12-26(28(27)17-6-3-15(22)4-7-17)13-20-21(14,9-10-24-2)18-11-16(23)5-8-19(18)25-20/h3-8,11,20,24-25H,1,9-10,12-13H2,2H3. The molecule has 0 aromatic heterocycles. The molecule has 2 heterocycles. The van der Waals surface area contributed by atoms with Crippen LogP contribution in [0.1, 0.15) is 12.0 Å². The van der Waals surface area contributed by atoms with Crippen LogP contribution in [-0.2, 0) is 16.4 Å². The van der Waals surface area contributed by atoms with E-state index < -0.39 is 11.0 Å². The Kier molecular flexibility index (Phi) is 5.55. The molecule has 148 valence electrons. The average molecular weight is 436 g/mol. The van der Waals surface area contributed by atoms with Crippen LogP contribution in [0.2, 0.25) is 10.0 Å². The number of rotatable bonds is 5. The van der Waals surface area contributed by atoms with Crippen LogP contribution >= 0.6 is 23.2 Å². The largest absolute Gasteiger partial charge is 0.379 e. The summed E-state index contributed by atoms with van der Waals surface area (Å²) in [5.41, 5.74) is 3.13. The molecule has 2 N–H and O–H groups in total. The highest BCUT2D eigenvalue weighted by molar-refractivity contribution is 7.82. The first-order valence-corrected chi connectivity index (χ1v) is 11.1. The lowest BCUT2D eigenvalue weighted by molar-refractivity contribution is 0.285. The van der Waals surface area contributed by atoms with Gasteiger partial charge in [0.2, 0.25) is 0 Å². The third-order valence-electron chi connectivity index (χ3n) is 5.79. The molecular weight excluding hydrogens is 413 g/mol. The van der Waals surface area contributed by atoms with Crippen molar-refractivity contribution in [1.82, 2.24) is 9.62 Å². The predicted molar refractivity (Wildman–Crippen MR) is 118 cm³/mol. The highest BCUT2D eigenvalue weighted by Gasteiger charge is 2.52. The van der Waals surface area contributed by atoms with Crippen molar-refractivity contribution >= 4 is 39.9 Å². The molecule has 2 aromatic rings. The molecule has 7 heteroatoms. The third kappa shape index (κ3) is 3.29. The minimum atomic E-state index is -1.27. The van der Waals surface area contributed by atoms with Crippen LogP contribution in [-0.4, -0.2) is 41.2 Å². The zero-order chi connectivity index (χ0) is 19.9. The maximum atomic E-state index is 13.2. The van der Waals surface area contributed by atoms with E-state index in [0.717, 1.165) is 34.1 Å². The first-order chi connectivity index (χ1) is 13.5. The molecule has 28 heavy (non-hydrogen) atoms. The molecule has 1 saturated heterocycles. The third-order valence-corrected chi connectivity index (χ3v) is 7.70. The molecule has 4 rings (SSSR count). The van der Waals surface area contributed by atoms with E-state index in [1.54, 1.807) is 12.1 Å². The molecule has 2 aromatic carbocycles. The van der Waals surface area contributed by atoms with E-state index in [9.17, 15) is 4.21 Å². The second kappa shape index (κ2) is 7.81. The summed E-state index contributed by atoms with van der Waals surface area (Å²) in [6.45, 7) is 6.54.